The van der Waals surface area contributed by atoms with E-state index >= 15 is 0 Å². The van der Waals surface area contributed by atoms with Crippen LogP contribution >= 0.6 is 17.2 Å². The van der Waals surface area contributed by atoms with Gasteiger partial charge in [0.25, 0.3) is 0 Å². The van der Waals surface area contributed by atoms with Gasteiger partial charge in [-0.2, -0.15) is 0 Å². The lowest BCUT2D eigenvalue weighted by Crippen LogP contribution is -2.29. The molecule has 2 saturated heterocycles. The van der Waals surface area contributed by atoms with Crippen molar-refractivity contribution in [2.45, 2.75) is 37.3 Å². The average Bonchev–Trinajstić information content (AvgIpc) is 3.12. The summed E-state index contributed by atoms with van der Waals surface area (Å²) >= 11 is 0. The van der Waals surface area contributed by atoms with E-state index in [2.05, 4.69) is 0 Å². The van der Waals surface area contributed by atoms with Crippen LogP contribution in [0.15, 0.2) is 0 Å². The lowest BCUT2D eigenvalue weighted by atomic mass is 10.2. The monoisotopic (exact) mass is 378 g/mol. The fraction of sp³-hybridized carbons (Fsp3) is 1.00. The van der Waals surface area contributed by atoms with Crippen molar-refractivity contribution in [2.75, 3.05) is 40.6 Å². The zero-order valence-corrected chi connectivity index (χ0v) is 14.7. The summed E-state index contributed by atoms with van der Waals surface area (Å²) in [5, 5.41) is 9.26. The third-order valence-electron chi connectivity index (χ3n) is 3.30. The Morgan fingerprint density at radius 2 is 1.74 bits per heavy atom. The molecule has 23 heavy (non-hydrogen) atoms. The zero-order chi connectivity index (χ0) is 18.4. The quantitative estimate of drug-likeness (QED) is 0.540. The highest BCUT2D eigenvalue weighted by molar-refractivity contribution is 7.41. The van der Waals surface area contributed by atoms with E-state index in [0.29, 0.717) is 6.42 Å². The topological polar surface area (TPSA) is 105 Å². The van der Waals surface area contributed by atoms with Crippen LogP contribution in [0.25, 0.3) is 0 Å². The van der Waals surface area contributed by atoms with Crippen molar-refractivity contribution < 1.29 is 44.8 Å². The van der Waals surface area contributed by atoms with Crippen LogP contribution < -0.4 is 0 Å². The smallest absolute Gasteiger partial charge is 0.332 e. The molecule has 0 spiro atoms. The molecule has 0 radical (unpaired) electrons. The third kappa shape index (κ3) is 6.06. The molecule has 2 aliphatic rings. The molecule has 0 aliphatic carbocycles. The maximum atomic E-state index is 9.48. The van der Waals surface area contributed by atoms with Crippen LogP contribution in [-0.2, 0) is 32.1 Å². The summed E-state index contributed by atoms with van der Waals surface area (Å²) in [5.74, 6) is 0. The molecule has 0 bridgehead atoms. The van der Waals surface area contributed by atoms with E-state index in [-0.39, 0.29) is 19.6 Å². The molecule has 2 N–H and O–H groups in total. The first kappa shape index (κ1) is 16.9. The van der Waals surface area contributed by atoms with E-state index in [4.69, 9.17) is 34.8 Å². The maximum absolute atomic E-state index is 9.48. The lowest BCUT2D eigenvalue weighted by Gasteiger charge is -2.24. The van der Waals surface area contributed by atoms with Crippen molar-refractivity contribution in [1.29, 1.82) is 0 Å². The van der Waals surface area contributed by atoms with E-state index in [1.54, 1.807) is 0 Å². The van der Waals surface area contributed by atoms with E-state index in [0.717, 1.165) is 0 Å². The Balaban J connectivity index is 1.82. The first-order valence-corrected chi connectivity index (χ1v) is 9.29. The molecule has 0 aromatic carbocycles. The number of aliphatic hydroxyl groups is 1. The van der Waals surface area contributed by atoms with Crippen LogP contribution in [0.3, 0.4) is 0 Å². The van der Waals surface area contributed by atoms with Gasteiger partial charge in [-0.25, -0.2) is 0 Å². The molecule has 136 valence electrons. The highest BCUT2D eigenvalue weighted by atomic mass is 31.2. The van der Waals surface area contributed by atoms with Gasteiger partial charge in [-0.3, -0.25) is 0 Å². The van der Waals surface area contributed by atoms with E-state index < -0.39 is 54.8 Å². The summed E-state index contributed by atoms with van der Waals surface area (Å²) in [7, 11) is -1.04. The van der Waals surface area contributed by atoms with Crippen LogP contribution in [0.2, 0.25) is 0 Å². The second-order valence-electron chi connectivity index (χ2n) is 4.75. The summed E-state index contributed by atoms with van der Waals surface area (Å²) in [6.07, 6.45) is -1.62. The van der Waals surface area contributed by atoms with Gasteiger partial charge in [-0.05, 0) is 0 Å². The minimum atomic E-state index is -2.03. The molecular formula is C12H24O9P2. The van der Waals surface area contributed by atoms with Gasteiger partial charge in [0, 0.05) is 40.2 Å². The second-order valence-corrected chi connectivity index (χ2v) is 7.08. The first-order chi connectivity index (χ1) is 12.0. The minimum absolute atomic E-state index is 0.0359. The van der Waals surface area contributed by atoms with Crippen molar-refractivity contribution in [1.82, 2.24) is 0 Å². The summed E-state index contributed by atoms with van der Waals surface area (Å²) < 4.78 is 52.3. The summed E-state index contributed by atoms with van der Waals surface area (Å²) in [6.45, 7) is -1.76. The van der Waals surface area contributed by atoms with Gasteiger partial charge in [0.15, 0.2) is 0 Å². The molecule has 0 aromatic rings. The lowest BCUT2D eigenvalue weighted by molar-refractivity contribution is -0.00951. The van der Waals surface area contributed by atoms with Crippen LogP contribution in [0, 0.1) is 0 Å². The molecule has 0 amide bonds. The van der Waals surface area contributed by atoms with Gasteiger partial charge in [-0.15, -0.1) is 0 Å². The highest BCUT2D eigenvalue weighted by Gasteiger charge is 2.35. The van der Waals surface area contributed by atoms with Crippen LogP contribution in [0.1, 0.15) is 15.6 Å². The van der Waals surface area contributed by atoms with Crippen molar-refractivity contribution >= 4 is 17.2 Å². The Labute approximate surface area is 140 Å². The minimum Gasteiger partial charge on any atom is -0.394 e. The predicted molar refractivity (Wildman–Crippen MR) is 81.6 cm³/mol. The molecular weight excluding hydrogens is 350 g/mol. The second kappa shape index (κ2) is 10.5. The summed E-state index contributed by atoms with van der Waals surface area (Å²) in [4.78, 5) is 9.48. The highest BCUT2D eigenvalue weighted by Crippen LogP contribution is 2.44. The first-order valence-electron chi connectivity index (χ1n) is 8.22. The molecule has 2 aliphatic heterocycles. The Hall–Kier alpha value is 0.500. The Kier molecular flexibility index (Phi) is 7.72. The van der Waals surface area contributed by atoms with Crippen LogP contribution in [0.5, 0.6) is 0 Å². The van der Waals surface area contributed by atoms with E-state index in [1.165, 1.54) is 14.2 Å². The van der Waals surface area contributed by atoms with Crippen LogP contribution in [0.4, 0.5) is 0 Å². The zero-order valence-electron chi connectivity index (χ0n) is 14.9. The fourth-order valence-electron chi connectivity index (χ4n) is 2.09. The number of hydrogen-bond donors (Lipinski definition) is 2. The predicted octanol–water partition coefficient (Wildman–Crippen LogP) is 1.08. The summed E-state index contributed by atoms with van der Waals surface area (Å²) in [5.41, 5.74) is 0. The van der Waals surface area contributed by atoms with Crippen molar-refractivity contribution in [3.8, 4) is 0 Å². The molecule has 11 heteroatoms. The van der Waals surface area contributed by atoms with Gasteiger partial charge in [-0.1, -0.05) is 0 Å². The molecule has 2 heterocycles. The van der Waals surface area contributed by atoms with Gasteiger partial charge < -0.3 is 42.1 Å². The number of ether oxygens (including phenoxy) is 2. The maximum Gasteiger partial charge on any atom is 0.332 e. The van der Waals surface area contributed by atoms with Crippen molar-refractivity contribution in [3.63, 3.8) is 0 Å². The van der Waals surface area contributed by atoms with Crippen LogP contribution in [-0.4, -0.2) is 75.0 Å². The SMILES string of the molecule is [3H][C@H]1C[C@@H](OP(O)OC)[C@@H](COP(OC)O[C@@H]2C[C@H]([3H])O[C@@H]2CO)O1. The molecule has 9 nitrogen and oxygen atoms in total. The van der Waals surface area contributed by atoms with Gasteiger partial charge in [0.1, 0.15) is 12.2 Å². The fourth-order valence-corrected chi connectivity index (χ4v) is 3.59. The van der Waals surface area contributed by atoms with Crippen molar-refractivity contribution in [3.05, 3.63) is 0 Å². The molecule has 8 atom stereocenters. The van der Waals surface area contributed by atoms with Gasteiger partial charge in [0.05, 0.1) is 28.2 Å². The number of hydrogen-bond acceptors (Lipinski definition) is 9. The number of aliphatic hydroxyl groups excluding tert-OH is 1. The Bertz CT molecular complexity index is 400. The molecule has 0 aromatic heterocycles. The average molecular weight is 378 g/mol. The molecule has 2 unspecified atom stereocenters. The van der Waals surface area contributed by atoms with E-state index in [9.17, 15) is 10.00 Å². The van der Waals surface area contributed by atoms with Gasteiger partial charge in [0.2, 0.25) is 0 Å². The molecule has 2 rings (SSSR count). The molecule has 0 saturated carbocycles. The Morgan fingerprint density at radius 1 is 1.09 bits per heavy atom. The van der Waals surface area contributed by atoms with E-state index in [1.807, 2.05) is 0 Å². The largest absolute Gasteiger partial charge is 0.394 e. The standard InChI is InChI=1S/C12H24O9P2/c1-15-22(14)20-10-4-6-18-12(10)8-19-23(16-2)21-9-3-5-17-11(9)7-13/h9-14H,3-8H2,1-2H3/t9-,10-,11-,12-,22?,23?/m1/s1/i5T,6T/t5-,6-,9+,10+,11+,12+,22?,23?/m0. The van der Waals surface area contributed by atoms with Crippen molar-refractivity contribution in [2.24, 2.45) is 0 Å². The third-order valence-corrected chi connectivity index (χ3v) is 5.17. The van der Waals surface area contributed by atoms with Gasteiger partial charge >= 0.3 is 17.2 Å². The Morgan fingerprint density at radius 3 is 2.35 bits per heavy atom. The number of rotatable bonds is 10. The molecule has 2 fully saturated rings. The normalized spacial score (nSPS) is 41.6. The summed E-state index contributed by atoms with van der Waals surface area (Å²) in [6, 6.07) is 0.